The number of hydrogen-bond donors (Lipinski definition) is 1. The third-order valence-electron chi connectivity index (χ3n) is 5.62. The molecular formula is C20H25N3O3S. The van der Waals surface area contributed by atoms with Crippen LogP contribution in [-0.4, -0.2) is 41.4 Å². The molecule has 1 aromatic carbocycles. The molecule has 0 spiro atoms. The molecule has 1 atom stereocenters. The van der Waals surface area contributed by atoms with E-state index in [0.29, 0.717) is 24.1 Å². The van der Waals surface area contributed by atoms with Gasteiger partial charge in [-0.15, -0.1) is 0 Å². The molecule has 7 heteroatoms. The molecule has 1 saturated carbocycles. The van der Waals surface area contributed by atoms with E-state index in [-0.39, 0.29) is 17.7 Å². The number of likely N-dealkylation sites (tertiary alicyclic amines) is 1. The van der Waals surface area contributed by atoms with Crippen LogP contribution in [0.3, 0.4) is 0 Å². The molecule has 4 rings (SSSR count). The second-order valence-electron chi connectivity index (χ2n) is 7.43. The molecule has 1 aromatic heterocycles. The number of benzene rings is 1. The van der Waals surface area contributed by atoms with E-state index in [2.05, 4.69) is 10.3 Å². The Balaban J connectivity index is 1.41. The van der Waals surface area contributed by atoms with Crippen LogP contribution in [0.5, 0.6) is 5.75 Å². The lowest BCUT2D eigenvalue weighted by molar-refractivity contribution is -0.130. The van der Waals surface area contributed by atoms with Crippen LogP contribution in [0, 0.1) is 5.92 Å². The van der Waals surface area contributed by atoms with Crippen molar-refractivity contribution in [3.05, 3.63) is 18.2 Å². The Hall–Kier alpha value is -2.15. The zero-order valence-electron chi connectivity index (χ0n) is 15.6. The minimum Gasteiger partial charge on any atom is -0.497 e. The number of nitrogens with one attached hydrogen (secondary N) is 1. The van der Waals surface area contributed by atoms with Crippen LogP contribution < -0.4 is 10.1 Å². The summed E-state index contributed by atoms with van der Waals surface area (Å²) in [5.41, 5.74) is 0.832. The Labute approximate surface area is 162 Å². The SMILES string of the molecule is COc1ccc2nc(NC(=O)C3CC(=O)N(C4CCCCCC4)C3)sc2c1. The molecular weight excluding hydrogens is 362 g/mol. The summed E-state index contributed by atoms with van der Waals surface area (Å²) >= 11 is 1.42. The van der Waals surface area contributed by atoms with Gasteiger partial charge in [-0.2, -0.15) is 0 Å². The standard InChI is InChI=1S/C20H25N3O3S/c1-26-15-8-9-16-17(11-15)27-20(21-16)22-19(25)13-10-18(24)23(12-13)14-6-4-2-3-5-7-14/h8-9,11,13-14H,2-7,10,12H2,1H3,(H,21,22,25). The van der Waals surface area contributed by atoms with Crippen LogP contribution >= 0.6 is 11.3 Å². The lowest BCUT2D eigenvalue weighted by Gasteiger charge is -2.27. The topological polar surface area (TPSA) is 71.5 Å². The van der Waals surface area contributed by atoms with Crippen LogP contribution in [-0.2, 0) is 9.59 Å². The summed E-state index contributed by atoms with van der Waals surface area (Å²) < 4.78 is 6.20. The molecule has 2 heterocycles. The Morgan fingerprint density at radius 1 is 1.26 bits per heavy atom. The van der Waals surface area contributed by atoms with Crippen LogP contribution in [0.25, 0.3) is 10.2 Å². The number of thiazole rings is 1. The Kier molecular flexibility index (Phi) is 5.29. The molecule has 1 N–H and O–H groups in total. The fraction of sp³-hybridized carbons (Fsp3) is 0.550. The fourth-order valence-electron chi connectivity index (χ4n) is 4.12. The van der Waals surface area contributed by atoms with E-state index >= 15 is 0 Å². The normalized spacial score (nSPS) is 21.4. The third-order valence-corrected chi connectivity index (χ3v) is 6.55. The molecule has 2 fully saturated rings. The van der Waals surface area contributed by atoms with Gasteiger partial charge in [-0.1, -0.05) is 37.0 Å². The van der Waals surface area contributed by atoms with Gasteiger partial charge in [0.2, 0.25) is 11.8 Å². The first-order valence-corrected chi connectivity index (χ1v) is 10.5. The van der Waals surface area contributed by atoms with E-state index in [9.17, 15) is 9.59 Å². The van der Waals surface area contributed by atoms with E-state index < -0.39 is 0 Å². The van der Waals surface area contributed by atoms with Crippen LogP contribution in [0.15, 0.2) is 18.2 Å². The lowest BCUT2D eigenvalue weighted by Crippen LogP contribution is -2.37. The number of carbonyl (C=O) groups is 2. The molecule has 0 radical (unpaired) electrons. The molecule has 1 unspecified atom stereocenters. The van der Waals surface area contributed by atoms with Crippen molar-refractivity contribution in [1.29, 1.82) is 0 Å². The van der Waals surface area contributed by atoms with Gasteiger partial charge in [-0.3, -0.25) is 9.59 Å². The molecule has 144 valence electrons. The molecule has 2 amide bonds. The number of amides is 2. The maximum Gasteiger partial charge on any atom is 0.231 e. The van der Waals surface area contributed by atoms with Crippen molar-refractivity contribution in [2.24, 2.45) is 5.92 Å². The van der Waals surface area contributed by atoms with Crippen molar-refractivity contribution in [2.75, 3.05) is 19.0 Å². The summed E-state index contributed by atoms with van der Waals surface area (Å²) in [6.07, 6.45) is 7.32. The molecule has 1 aliphatic heterocycles. The van der Waals surface area contributed by atoms with Crippen molar-refractivity contribution in [1.82, 2.24) is 9.88 Å². The number of rotatable bonds is 4. The number of anilines is 1. The first kappa shape index (κ1) is 18.2. The molecule has 2 aromatic rings. The van der Waals surface area contributed by atoms with Gasteiger partial charge in [0.25, 0.3) is 0 Å². The highest BCUT2D eigenvalue weighted by atomic mass is 32.1. The van der Waals surface area contributed by atoms with Gasteiger partial charge in [-0.25, -0.2) is 4.98 Å². The molecule has 6 nitrogen and oxygen atoms in total. The van der Waals surface area contributed by atoms with Crippen LogP contribution in [0.4, 0.5) is 5.13 Å². The second-order valence-corrected chi connectivity index (χ2v) is 8.47. The number of fused-ring (bicyclic) bond motifs is 1. The van der Waals surface area contributed by atoms with Gasteiger partial charge in [0, 0.05) is 19.0 Å². The van der Waals surface area contributed by atoms with Crippen molar-refractivity contribution in [2.45, 2.75) is 51.0 Å². The van der Waals surface area contributed by atoms with Crippen molar-refractivity contribution < 1.29 is 14.3 Å². The predicted octanol–water partition coefficient (Wildman–Crippen LogP) is 3.81. The fourth-order valence-corrected chi connectivity index (χ4v) is 5.02. The zero-order chi connectivity index (χ0) is 18.8. The number of carbonyl (C=O) groups excluding carboxylic acids is 2. The summed E-state index contributed by atoms with van der Waals surface area (Å²) in [6, 6.07) is 5.96. The zero-order valence-corrected chi connectivity index (χ0v) is 16.4. The summed E-state index contributed by atoms with van der Waals surface area (Å²) in [7, 11) is 1.63. The van der Waals surface area contributed by atoms with Gasteiger partial charge in [0.1, 0.15) is 5.75 Å². The number of hydrogen-bond acceptors (Lipinski definition) is 5. The minimum absolute atomic E-state index is 0.106. The Bertz CT molecular complexity index is 842. The quantitative estimate of drug-likeness (QED) is 0.810. The third kappa shape index (κ3) is 3.93. The van der Waals surface area contributed by atoms with Gasteiger partial charge < -0.3 is 15.0 Å². The largest absolute Gasteiger partial charge is 0.497 e. The predicted molar refractivity (Wildman–Crippen MR) is 106 cm³/mol. The van der Waals surface area contributed by atoms with E-state index in [1.54, 1.807) is 7.11 Å². The van der Waals surface area contributed by atoms with Crippen molar-refractivity contribution in [3.63, 3.8) is 0 Å². The summed E-state index contributed by atoms with van der Waals surface area (Å²) in [4.78, 5) is 31.6. The van der Waals surface area contributed by atoms with Crippen molar-refractivity contribution in [3.8, 4) is 5.75 Å². The summed E-state index contributed by atoms with van der Waals surface area (Å²) in [5.74, 6) is 0.494. The summed E-state index contributed by atoms with van der Waals surface area (Å²) in [6.45, 7) is 0.536. The van der Waals surface area contributed by atoms with Crippen LogP contribution in [0.1, 0.15) is 44.9 Å². The highest BCUT2D eigenvalue weighted by Gasteiger charge is 2.38. The molecule has 2 aliphatic rings. The highest BCUT2D eigenvalue weighted by molar-refractivity contribution is 7.22. The monoisotopic (exact) mass is 387 g/mol. The van der Waals surface area contributed by atoms with Gasteiger partial charge >= 0.3 is 0 Å². The highest BCUT2D eigenvalue weighted by Crippen LogP contribution is 2.31. The molecule has 1 aliphatic carbocycles. The average Bonchev–Trinajstić information content (AvgIpc) is 3.13. The minimum atomic E-state index is -0.290. The van der Waals surface area contributed by atoms with Gasteiger partial charge in [0.15, 0.2) is 5.13 Å². The lowest BCUT2D eigenvalue weighted by atomic mass is 10.1. The van der Waals surface area contributed by atoms with Gasteiger partial charge in [0.05, 0.1) is 23.2 Å². The second kappa shape index (κ2) is 7.84. The Morgan fingerprint density at radius 2 is 2.04 bits per heavy atom. The van der Waals surface area contributed by atoms with Gasteiger partial charge in [-0.05, 0) is 31.0 Å². The summed E-state index contributed by atoms with van der Waals surface area (Å²) in [5, 5.41) is 3.49. The van der Waals surface area contributed by atoms with E-state index in [1.165, 1.54) is 37.0 Å². The average molecular weight is 388 g/mol. The van der Waals surface area contributed by atoms with E-state index in [4.69, 9.17) is 4.74 Å². The molecule has 27 heavy (non-hydrogen) atoms. The first-order valence-electron chi connectivity index (χ1n) is 9.69. The maximum absolute atomic E-state index is 12.7. The first-order chi connectivity index (χ1) is 13.1. The number of ether oxygens (including phenoxy) is 1. The number of aromatic nitrogens is 1. The smallest absolute Gasteiger partial charge is 0.231 e. The van der Waals surface area contributed by atoms with Crippen LogP contribution in [0.2, 0.25) is 0 Å². The molecule has 0 bridgehead atoms. The Morgan fingerprint density at radius 3 is 2.78 bits per heavy atom. The van der Waals surface area contributed by atoms with E-state index in [1.807, 2.05) is 23.1 Å². The van der Waals surface area contributed by atoms with E-state index in [0.717, 1.165) is 28.8 Å². The number of methoxy groups -OCH3 is 1. The maximum atomic E-state index is 12.7. The van der Waals surface area contributed by atoms with Crippen molar-refractivity contribution >= 4 is 38.5 Å². The number of nitrogens with zero attached hydrogens (tertiary/aromatic N) is 2. The molecule has 1 saturated heterocycles.